The Morgan fingerprint density at radius 1 is 1.44 bits per heavy atom. The van der Waals surface area contributed by atoms with Gasteiger partial charge in [0, 0.05) is 35.7 Å². The fourth-order valence-electron chi connectivity index (χ4n) is 2.33. The summed E-state index contributed by atoms with van der Waals surface area (Å²) < 4.78 is 6.19. The molecule has 0 saturated carbocycles. The molecule has 0 radical (unpaired) electrons. The molecule has 1 heterocycles. The van der Waals surface area contributed by atoms with E-state index in [1.165, 1.54) is 16.7 Å². The Kier molecular flexibility index (Phi) is 3.09. The molecule has 0 saturated heterocycles. The van der Waals surface area contributed by atoms with Crippen LogP contribution >= 0.6 is 15.9 Å². The van der Waals surface area contributed by atoms with Crippen LogP contribution in [-0.2, 0) is 11.2 Å². The van der Waals surface area contributed by atoms with Gasteiger partial charge in [0.15, 0.2) is 5.82 Å². The summed E-state index contributed by atoms with van der Waals surface area (Å²) in [5, 5.41) is 10.8. The minimum absolute atomic E-state index is 0.679. The van der Waals surface area contributed by atoms with Gasteiger partial charge in [-0.05, 0) is 11.6 Å². The maximum atomic E-state index is 5.03. The second-order valence-electron chi connectivity index (χ2n) is 4.29. The third kappa shape index (κ3) is 1.83. The molecule has 3 rings (SSSR count). The molecule has 5 heteroatoms. The maximum Gasteiger partial charge on any atom is 0.152 e. The average molecular weight is 308 g/mol. The number of aromatic amines is 1. The van der Waals surface area contributed by atoms with Gasteiger partial charge in [-0.15, -0.1) is 0 Å². The quantitative estimate of drug-likeness (QED) is 0.729. The minimum atomic E-state index is 0.679. The Bertz CT molecular complexity index is 580. The molecule has 1 aliphatic carbocycles. The van der Waals surface area contributed by atoms with Gasteiger partial charge in [-0.25, -0.2) is 0 Å². The molecule has 1 aromatic heterocycles. The lowest BCUT2D eigenvalue weighted by molar-refractivity contribution is 0.210. The number of H-pyrrole nitrogens is 1. The SMILES string of the molecule is COCCNc1n[nH]c2c1Cc1c(Br)cccc1-2. The first-order chi connectivity index (χ1) is 8.81. The van der Waals surface area contributed by atoms with Gasteiger partial charge >= 0.3 is 0 Å². The smallest absolute Gasteiger partial charge is 0.152 e. The highest BCUT2D eigenvalue weighted by atomic mass is 79.9. The van der Waals surface area contributed by atoms with E-state index in [1.54, 1.807) is 7.11 Å². The van der Waals surface area contributed by atoms with E-state index in [4.69, 9.17) is 4.74 Å². The summed E-state index contributed by atoms with van der Waals surface area (Å²) in [5.74, 6) is 0.935. The summed E-state index contributed by atoms with van der Waals surface area (Å²) in [6.07, 6.45) is 0.915. The molecule has 1 aromatic carbocycles. The van der Waals surface area contributed by atoms with Gasteiger partial charge in [0.2, 0.25) is 0 Å². The van der Waals surface area contributed by atoms with Crippen LogP contribution in [0, 0.1) is 0 Å². The molecule has 1 aliphatic rings. The highest BCUT2D eigenvalue weighted by Crippen LogP contribution is 2.41. The number of nitrogens with zero attached hydrogens (tertiary/aromatic N) is 1. The number of benzene rings is 1. The minimum Gasteiger partial charge on any atom is -0.383 e. The number of fused-ring (bicyclic) bond motifs is 3. The van der Waals surface area contributed by atoms with Crippen molar-refractivity contribution in [1.29, 1.82) is 0 Å². The molecule has 2 N–H and O–H groups in total. The van der Waals surface area contributed by atoms with Gasteiger partial charge in [-0.3, -0.25) is 5.10 Å². The molecule has 0 unspecified atom stereocenters. The number of anilines is 1. The lowest BCUT2D eigenvalue weighted by Gasteiger charge is -2.04. The zero-order valence-corrected chi connectivity index (χ0v) is 11.7. The molecule has 0 bridgehead atoms. The van der Waals surface area contributed by atoms with Gasteiger partial charge in [-0.2, -0.15) is 5.10 Å². The topological polar surface area (TPSA) is 49.9 Å². The summed E-state index contributed by atoms with van der Waals surface area (Å²) >= 11 is 3.60. The van der Waals surface area contributed by atoms with Gasteiger partial charge in [0.25, 0.3) is 0 Å². The predicted molar refractivity (Wildman–Crippen MR) is 74.9 cm³/mol. The molecule has 0 spiro atoms. The van der Waals surface area contributed by atoms with Crippen molar-refractivity contribution in [1.82, 2.24) is 10.2 Å². The Labute approximate surface area is 114 Å². The van der Waals surface area contributed by atoms with Gasteiger partial charge in [0.05, 0.1) is 12.3 Å². The maximum absolute atomic E-state index is 5.03. The van der Waals surface area contributed by atoms with Crippen LogP contribution in [0.15, 0.2) is 22.7 Å². The standard InChI is InChI=1S/C13H14BrN3O/c1-18-6-5-15-13-10-7-9-8(12(10)16-17-13)3-2-4-11(9)14/h2-4H,5-7H2,1H3,(H2,15,16,17). The zero-order chi connectivity index (χ0) is 12.5. The number of halogens is 1. The van der Waals surface area contributed by atoms with E-state index in [2.05, 4.69) is 49.6 Å². The van der Waals surface area contributed by atoms with Crippen LogP contribution in [0.3, 0.4) is 0 Å². The van der Waals surface area contributed by atoms with Crippen molar-refractivity contribution < 1.29 is 4.74 Å². The summed E-state index contributed by atoms with van der Waals surface area (Å²) in [5.41, 5.74) is 4.95. The van der Waals surface area contributed by atoms with Crippen molar-refractivity contribution in [2.45, 2.75) is 6.42 Å². The molecule has 2 aromatic rings. The summed E-state index contributed by atoms with van der Waals surface area (Å²) in [7, 11) is 1.70. The van der Waals surface area contributed by atoms with Crippen LogP contribution in [0.5, 0.6) is 0 Å². The molecule has 18 heavy (non-hydrogen) atoms. The molecule has 0 fully saturated rings. The zero-order valence-electron chi connectivity index (χ0n) is 10.1. The summed E-state index contributed by atoms with van der Waals surface area (Å²) in [4.78, 5) is 0. The van der Waals surface area contributed by atoms with Crippen molar-refractivity contribution in [3.8, 4) is 11.3 Å². The fourth-order valence-corrected chi connectivity index (χ4v) is 2.83. The van der Waals surface area contributed by atoms with Gasteiger partial charge < -0.3 is 10.1 Å². The van der Waals surface area contributed by atoms with Crippen LogP contribution < -0.4 is 5.32 Å². The third-order valence-corrected chi connectivity index (χ3v) is 3.95. The first kappa shape index (κ1) is 11.7. The van der Waals surface area contributed by atoms with E-state index < -0.39 is 0 Å². The number of ether oxygens (including phenoxy) is 1. The summed E-state index contributed by atoms with van der Waals surface area (Å²) in [6.45, 7) is 1.45. The van der Waals surface area contributed by atoms with E-state index in [-0.39, 0.29) is 0 Å². The van der Waals surface area contributed by atoms with Crippen molar-refractivity contribution in [2.75, 3.05) is 25.6 Å². The van der Waals surface area contributed by atoms with Crippen molar-refractivity contribution in [3.63, 3.8) is 0 Å². The second-order valence-corrected chi connectivity index (χ2v) is 5.14. The highest BCUT2D eigenvalue weighted by Gasteiger charge is 2.25. The lowest BCUT2D eigenvalue weighted by atomic mass is 10.1. The Balaban J connectivity index is 1.90. The number of rotatable bonds is 4. The third-order valence-electron chi connectivity index (χ3n) is 3.21. The summed E-state index contributed by atoms with van der Waals surface area (Å²) in [6, 6.07) is 6.26. The first-order valence-electron chi connectivity index (χ1n) is 5.89. The number of aromatic nitrogens is 2. The fraction of sp³-hybridized carbons (Fsp3) is 0.308. The van der Waals surface area contributed by atoms with Crippen LogP contribution in [0.4, 0.5) is 5.82 Å². The molecule has 0 aliphatic heterocycles. The van der Waals surface area contributed by atoms with E-state index in [0.717, 1.165) is 29.0 Å². The van der Waals surface area contributed by atoms with E-state index >= 15 is 0 Å². The van der Waals surface area contributed by atoms with Crippen LogP contribution in [0.2, 0.25) is 0 Å². The molecule has 0 amide bonds. The van der Waals surface area contributed by atoms with Crippen molar-refractivity contribution >= 4 is 21.7 Å². The first-order valence-corrected chi connectivity index (χ1v) is 6.68. The van der Waals surface area contributed by atoms with Crippen molar-refractivity contribution in [3.05, 3.63) is 33.8 Å². The monoisotopic (exact) mass is 307 g/mol. The largest absolute Gasteiger partial charge is 0.383 e. The van der Waals surface area contributed by atoms with E-state index in [0.29, 0.717) is 6.61 Å². The van der Waals surface area contributed by atoms with Gasteiger partial charge in [-0.1, -0.05) is 28.1 Å². The normalized spacial score (nSPS) is 12.3. The Morgan fingerprint density at radius 2 is 2.33 bits per heavy atom. The lowest BCUT2D eigenvalue weighted by Crippen LogP contribution is -2.09. The number of hydrogen-bond acceptors (Lipinski definition) is 3. The Hall–Kier alpha value is -1.33. The van der Waals surface area contributed by atoms with Gasteiger partial charge in [0.1, 0.15) is 0 Å². The average Bonchev–Trinajstić information content (AvgIpc) is 2.91. The molecule has 94 valence electrons. The number of hydrogen-bond donors (Lipinski definition) is 2. The number of methoxy groups -OCH3 is 1. The Morgan fingerprint density at radius 3 is 3.17 bits per heavy atom. The number of nitrogens with one attached hydrogen (secondary N) is 2. The van der Waals surface area contributed by atoms with Crippen LogP contribution in [-0.4, -0.2) is 30.5 Å². The van der Waals surface area contributed by atoms with Crippen molar-refractivity contribution in [2.24, 2.45) is 0 Å². The predicted octanol–water partition coefficient (Wildman–Crippen LogP) is 2.80. The van der Waals surface area contributed by atoms with E-state index in [1.807, 2.05) is 0 Å². The molecular formula is C13H14BrN3O. The highest BCUT2D eigenvalue weighted by molar-refractivity contribution is 9.10. The molecule has 0 atom stereocenters. The second kappa shape index (κ2) is 4.74. The molecular weight excluding hydrogens is 294 g/mol. The van der Waals surface area contributed by atoms with E-state index in [9.17, 15) is 0 Å². The molecule has 4 nitrogen and oxygen atoms in total. The van der Waals surface area contributed by atoms with Crippen LogP contribution in [0.1, 0.15) is 11.1 Å². The van der Waals surface area contributed by atoms with Crippen LogP contribution in [0.25, 0.3) is 11.3 Å².